The van der Waals surface area contributed by atoms with Crippen LogP contribution in [-0.2, 0) is 4.79 Å². The second kappa shape index (κ2) is 8.03. The Hall–Kier alpha value is -2.60. The molecular formula is C19H23B4N5O. The van der Waals surface area contributed by atoms with E-state index in [0.29, 0.717) is 12.5 Å². The third-order valence-electron chi connectivity index (χ3n) is 5.87. The van der Waals surface area contributed by atoms with Gasteiger partial charge in [-0.3, -0.25) is 20.0 Å². The van der Waals surface area contributed by atoms with Crippen molar-refractivity contribution in [3.8, 4) is 11.1 Å². The molecule has 1 amide bonds. The van der Waals surface area contributed by atoms with Crippen LogP contribution >= 0.6 is 0 Å². The van der Waals surface area contributed by atoms with Crippen molar-refractivity contribution in [2.45, 2.75) is 12.8 Å². The molecule has 0 unspecified atom stereocenters. The first-order valence-corrected chi connectivity index (χ1v) is 10.2. The number of benzene rings is 1. The number of aromatic nitrogens is 3. The number of fused-ring (bicyclic) bond motifs is 1. The topological polar surface area (TPSA) is 71.0 Å². The van der Waals surface area contributed by atoms with Crippen LogP contribution in [0.3, 0.4) is 0 Å². The van der Waals surface area contributed by atoms with Crippen LogP contribution in [0.2, 0.25) is 0 Å². The van der Waals surface area contributed by atoms with Gasteiger partial charge in [0, 0.05) is 17.2 Å². The SMILES string of the molecule is Bc1nc(B)c(-c2ccc3cnc(NC(=O)CN4CCCC4)nc3c2)c(B)c1B. The lowest BCUT2D eigenvalue weighted by Crippen LogP contribution is -2.47. The van der Waals surface area contributed by atoms with E-state index < -0.39 is 0 Å². The number of carbonyl (C=O) groups is 1. The van der Waals surface area contributed by atoms with Gasteiger partial charge in [0.05, 0.1) is 12.1 Å². The van der Waals surface area contributed by atoms with Gasteiger partial charge >= 0.3 is 0 Å². The van der Waals surface area contributed by atoms with Gasteiger partial charge in [0.2, 0.25) is 11.9 Å². The lowest BCUT2D eigenvalue weighted by molar-refractivity contribution is -0.117. The summed E-state index contributed by atoms with van der Waals surface area (Å²) in [6.07, 6.45) is 4.08. The van der Waals surface area contributed by atoms with Gasteiger partial charge in [0.1, 0.15) is 15.7 Å². The molecule has 0 spiro atoms. The molecule has 6 nitrogen and oxygen atoms in total. The van der Waals surface area contributed by atoms with Gasteiger partial charge in [-0.2, -0.15) is 0 Å². The van der Waals surface area contributed by atoms with Gasteiger partial charge in [-0.25, -0.2) is 9.97 Å². The van der Waals surface area contributed by atoms with Crippen LogP contribution in [0.15, 0.2) is 24.4 Å². The van der Waals surface area contributed by atoms with Crippen LogP contribution in [0.25, 0.3) is 22.0 Å². The first kappa shape index (κ1) is 19.7. The van der Waals surface area contributed by atoms with Crippen LogP contribution in [0.4, 0.5) is 5.95 Å². The van der Waals surface area contributed by atoms with Gasteiger partial charge in [-0.15, -0.1) is 0 Å². The molecule has 3 heterocycles. The second-order valence-corrected chi connectivity index (χ2v) is 7.91. The van der Waals surface area contributed by atoms with Gasteiger partial charge in [0.25, 0.3) is 0 Å². The Morgan fingerprint density at radius 2 is 1.79 bits per heavy atom. The summed E-state index contributed by atoms with van der Waals surface area (Å²) < 4.78 is 0. The molecule has 3 aromatic rings. The van der Waals surface area contributed by atoms with Crippen molar-refractivity contribution < 1.29 is 4.79 Å². The molecule has 1 saturated heterocycles. The Balaban J connectivity index is 1.64. The number of anilines is 1. The van der Waals surface area contributed by atoms with E-state index in [1.807, 2.05) is 21.8 Å². The number of hydrogen-bond acceptors (Lipinski definition) is 5. The minimum absolute atomic E-state index is 0.0625. The van der Waals surface area contributed by atoms with Gasteiger partial charge in [-0.1, -0.05) is 23.1 Å². The highest BCUT2D eigenvalue weighted by Gasteiger charge is 2.16. The minimum atomic E-state index is -0.0625. The fraction of sp³-hybridized carbons (Fsp3) is 0.263. The highest BCUT2D eigenvalue weighted by Crippen LogP contribution is 2.21. The molecule has 2 aromatic heterocycles. The number of rotatable bonds is 4. The van der Waals surface area contributed by atoms with E-state index in [1.165, 1.54) is 10.9 Å². The number of pyridine rings is 1. The fourth-order valence-electron chi connectivity index (χ4n) is 4.09. The maximum absolute atomic E-state index is 12.3. The van der Waals surface area contributed by atoms with E-state index in [0.717, 1.165) is 59.1 Å². The molecule has 0 radical (unpaired) electrons. The molecular weight excluding hydrogens is 357 g/mol. The quantitative estimate of drug-likeness (QED) is 0.465. The summed E-state index contributed by atoms with van der Waals surface area (Å²) in [4.78, 5) is 28.1. The summed E-state index contributed by atoms with van der Waals surface area (Å²) >= 11 is 0. The summed E-state index contributed by atoms with van der Waals surface area (Å²) in [5.41, 5.74) is 7.56. The number of nitrogens with zero attached hydrogens (tertiary/aromatic N) is 4. The first-order valence-electron chi connectivity index (χ1n) is 10.2. The van der Waals surface area contributed by atoms with Crippen LogP contribution < -0.4 is 27.4 Å². The lowest BCUT2D eigenvalue weighted by Gasteiger charge is -2.16. The van der Waals surface area contributed by atoms with Crippen molar-refractivity contribution in [2.24, 2.45) is 0 Å². The number of carbonyl (C=O) groups excluding carboxylic acids is 1. The highest BCUT2D eigenvalue weighted by atomic mass is 16.2. The molecule has 29 heavy (non-hydrogen) atoms. The third-order valence-corrected chi connectivity index (χ3v) is 5.87. The zero-order valence-electron chi connectivity index (χ0n) is 17.5. The molecule has 0 aliphatic carbocycles. The first-order chi connectivity index (χ1) is 13.9. The fourth-order valence-corrected chi connectivity index (χ4v) is 4.09. The number of nitrogens with one attached hydrogen (secondary N) is 1. The number of amides is 1. The predicted octanol–water partition coefficient (Wildman–Crippen LogP) is -4.24. The molecule has 0 saturated carbocycles. The molecule has 1 aliphatic heterocycles. The van der Waals surface area contributed by atoms with Crippen LogP contribution in [0.5, 0.6) is 0 Å². The summed E-state index contributed by atoms with van der Waals surface area (Å²) in [5, 5.41) is 3.79. The molecule has 10 heteroatoms. The smallest absolute Gasteiger partial charge is 0.240 e. The van der Waals surface area contributed by atoms with E-state index in [4.69, 9.17) is 4.98 Å². The van der Waals surface area contributed by atoms with Crippen molar-refractivity contribution in [3.05, 3.63) is 24.4 Å². The normalized spacial score (nSPS) is 14.3. The van der Waals surface area contributed by atoms with Gasteiger partial charge < -0.3 is 0 Å². The second-order valence-electron chi connectivity index (χ2n) is 7.91. The Kier molecular flexibility index (Phi) is 5.46. The molecule has 0 atom stereocenters. The summed E-state index contributed by atoms with van der Waals surface area (Å²) in [6.45, 7) is 2.37. The van der Waals surface area contributed by atoms with Gasteiger partial charge in [0.15, 0.2) is 15.7 Å². The molecule has 142 valence electrons. The van der Waals surface area contributed by atoms with Crippen LogP contribution in [0, 0.1) is 0 Å². The molecule has 1 N–H and O–H groups in total. The predicted molar refractivity (Wildman–Crippen MR) is 130 cm³/mol. The Labute approximate surface area is 174 Å². The zero-order valence-corrected chi connectivity index (χ0v) is 17.5. The van der Waals surface area contributed by atoms with Crippen molar-refractivity contribution in [1.82, 2.24) is 19.9 Å². The average Bonchev–Trinajstić information content (AvgIpc) is 3.19. The molecule has 0 bridgehead atoms. The van der Waals surface area contributed by atoms with Crippen molar-refractivity contribution >= 4 is 76.3 Å². The summed E-state index contributed by atoms with van der Waals surface area (Å²) in [5.74, 6) is 0.290. The van der Waals surface area contributed by atoms with Crippen molar-refractivity contribution in [1.29, 1.82) is 0 Å². The van der Waals surface area contributed by atoms with Crippen LogP contribution in [0.1, 0.15) is 12.8 Å². The molecule has 4 rings (SSSR count). The standard InChI is InChI=1S/C19H23B4N5O/c20-15-14(17(22)27-18(23)16(15)21)10-3-4-11-8-24-19(25-12(11)7-10)26-13(29)9-28-5-1-2-6-28/h3-4,7-8H,1-2,5-6,9,20-23H2,(H,24,25,26,29). The lowest BCUT2D eigenvalue weighted by atomic mass is 9.70. The largest absolute Gasteiger partial charge is 0.295 e. The molecule has 1 aromatic carbocycles. The zero-order chi connectivity index (χ0) is 20.5. The number of likely N-dealkylation sites (tertiary alicyclic amines) is 1. The Bertz CT molecular complexity index is 1100. The van der Waals surface area contributed by atoms with E-state index >= 15 is 0 Å². The molecule has 1 aliphatic rings. The maximum Gasteiger partial charge on any atom is 0.240 e. The van der Waals surface area contributed by atoms with Crippen molar-refractivity contribution in [3.63, 3.8) is 0 Å². The third kappa shape index (κ3) is 4.08. The average molecular weight is 381 g/mol. The van der Waals surface area contributed by atoms with E-state index in [2.05, 4.69) is 48.0 Å². The Morgan fingerprint density at radius 1 is 1.03 bits per heavy atom. The van der Waals surface area contributed by atoms with Crippen molar-refractivity contribution in [2.75, 3.05) is 25.0 Å². The summed E-state index contributed by atoms with van der Waals surface area (Å²) in [7, 11) is 8.34. The minimum Gasteiger partial charge on any atom is -0.295 e. The Morgan fingerprint density at radius 3 is 2.55 bits per heavy atom. The van der Waals surface area contributed by atoms with E-state index in [1.54, 1.807) is 6.20 Å². The maximum atomic E-state index is 12.3. The monoisotopic (exact) mass is 381 g/mol. The van der Waals surface area contributed by atoms with E-state index in [-0.39, 0.29) is 5.91 Å². The van der Waals surface area contributed by atoms with E-state index in [9.17, 15) is 4.79 Å². The number of hydrogen-bond donors (Lipinski definition) is 1. The summed E-state index contributed by atoms with van der Waals surface area (Å²) in [6, 6.07) is 6.16. The molecule has 1 fully saturated rings. The highest BCUT2D eigenvalue weighted by molar-refractivity contribution is 6.59. The van der Waals surface area contributed by atoms with Crippen LogP contribution in [-0.4, -0.2) is 76.8 Å². The van der Waals surface area contributed by atoms with Gasteiger partial charge in [-0.05, 0) is 48.7 Å².